The molecule has 0 aromatic carbocycles. The zero-order chi connectivity index (χ0) is 22.8. The van der Waals surface area contributed by atoms with Gasteiger partial charge in [-0.05, 0) is 32.9 Å². The summed E-state index contributed by atoms with van der Waals surface area (Å²) in [4.78, 5) is 23.4. The fourth-order valence-electron chi connectivity index (χ4n) is 2.95. The Bertz CT molecular complexity index is 451. The zero-order valence-corrected chi connectivity index (χ0v) is 18.8. The lowest BCUT2D eigenvalue weighted by atomic mass is 10.0. The van der Waals surface area contributed by atoms with E-state index < -0.39 is 24.1 Å². The summed E-state index contributed by atoms with van der Waals surface area (Å²) in [6, 6.07) is -0.353. The van der Waals surface area contributed by atoms with E-state index in [0.717, 1.165) is 32.1 Å². The lowest BCUT2D eigenvalue weighted by molar-refractivity contribution is -0.143. The van der Waals surface area contributed by atoms with Gasteiger partial charge < -0.3 is 35.4 Å². The highest BCUT2D eigenvalue weighted by atomic mass is 16.5. The Balaban J connectivity index is 3.90. The number of carbonyl (C=O) groups is 2. The maximum Gasteiger partial charge on any atom is 0.322 e. The Morgan fingerprint density at radius 2 is 1.70 bits per heavy atom. The molecule has 0 saturated carbocycles. The number of nitrogens with one attached hydrogen (secondary N) is 2. The number of unbranched alkanes of at least 4 members (excludes halogenated alkanes) is 5. The topological polar surface area (TPSA) is 137 Å². The number of likely N-dealkylation sites (N-methyl/N-ethyl adjacent to an activating group) is 1. The van der Waals surface area contributed by atoms with E-state index in [1.165, 1.54) is 20.0 Å². The molecule has 0 amide bonds. The molecule has 9 nitrogen and oxygen atoms in total. The number of esters is 1. The van der Waals surface area contributed by atoms with Crippen molar-refractivity contribution in [1.82, 2.24) is 10.6 Å². The third kappa shape index (κ3) is 13.3. The number of aliphatic hydroxyl groups excluding tert-OH is 3. The molecule has 0 spiro atoms. The van der Waals surface area contributed by atoms with Crippen molar-refractivity contribution in [3.05, 3.63) is 0 Å². The van der Waals surface area contributed by atoms with Gasteiger partial charge in [-0.3, -0.25) is 9.59 Å². The molecule has 4 unspecified atom stereocenters. The Hall–Kier alpha value is -1.10. The molecule has 0 aromatic heterocycles. The van der Waals surface area contributed by atoms with Gasteiger partial charge in [0.05, 0.1) is 20.3 Å². The predicted octanol–water partition coefficient (Wildman–Crippen LogP) is 0.146. The number of carbonyl (C=O) groups excluding carboxylic acids is 2. The van der Waals surface area contributed by atoms with Crippen LogP contribution in [0.25, 0.3) is 0 Å². The first-order valence-electron chi connectivity index (χ1n) is 11.0. The van der Waals surface area contributed by atoms with E-state index in [4.69, 9.17) is 4.74 Å². The van der Waals surface area contributed by atoms with E-state index >= 15 is 0 Å². The Kier molecular flexibility index (Phi) is 18.0. The molecule has 30 heavy (non-hydrogen) atoms. The summed E-state index contributed by atoms with van der Waals surface area (Å²) in [5.74, 6) is -0.902. The minimum atomic E-state index is -1.67. The lowest BCUT2D eigenvalue weighted by Crippen LogP contribution is -2.47. The van der Waals surface area contributed by atoms with Crippen LogP contribution in [0.15, 0.2) is 0 Å². The van der Waals surface area contributed by atoms with Crippen molar-refractivity contribution in [2.75, 3.05) is 40.5 Å². The first-order chi connectivity index (χ1) is 14.4. The van der Waals surface area contributed by atoms with Crippen LogP contribution in [0.5, 0.6) is 0 Å². The molecule has 4 atom stereocenters. The molecule has 0 aromatic rings. The minimum absolute atomic E-state index is 0.115. The highest BCUT2D eigenvalue weighted by Crippen LogP contribution is 2.06. The number of ether oxygens (including phenoxy) is 2. The molecule has 0 fully saturated rings. The van der Waals surface area contributed by atoms with Crippen molar-refractivity contribution in [3.8, 4) is 0 Å². The average Bonchev–Trinajstić information content (AvgIpc) is 2.76. The fraction of sp³-hybridized carbons (Fsp3) is 0.905. The van der Waals surface area contributed by atoms with Crippen molar-refractivity contribution >= 4 is 11.8 Å². The first kappa shape index (κ1) is 28.9. The summed E-state index contributed by atoms with van der Waals surface area (Å²) in [6.07, 6.45) is 2.95. The van der Waals surface area contributed by atoms with Crippen molar-refractivity contribution in [1.29, 1.82) is 0 Å². The number of Topliss-reactive ketones (excluding diaryl/α,β-unsaturated/α-hetero) is 1. The zero-order valence-electron chi connectivity index (χ0n) is 18.8. The van der Waals surface area contributed by atoms with Gasteiger partial charge in [0.1, 0.15) is 24.4 Å². The number of ketones is 1. The van der Waals surface area contributed by atoms with E-state index in [1.54, 1.807) is 7.05 Å². The number of aliphatic hydroxyl groups is 3. The van der Waals surface area contributed by atoms with E-state index in [1.807, 2.05) is 0 Å². The number of hydrogen-bond acceptors (Lipinski definition) is 9. The van der Waals surface area contributed by atoms with Crippen LogP contribution in [0.3, 0.4) is 0 Å². The number of methoxy groups -OCH3 is 1. The Morgan fingerprint density at radius 3 is 2.33 bits per heavy atom. The molecule has 0 aliphatic rings. The summed E-state index contributed by atoms with van der Waals surface area (Å²) in [7, 11) is 3.04. The van der Waals surface area contributed by atoms with Gasteiger partial charge in [0.15, 0.2) is 5.78 Å². The monoisotopic (exact) mass is 434 g/mol. The van der Waals surface area contributed by atoms with Gasteiger partial charge in [0.25, 0.3) is 0 Å². The molecule has 0 heterocycles. The van der Waals surface area contributed by atoms with Crippen molar-refractivity contribution in [2.45, 2.75) is 82.6 Å². The molecule has 0 rings (SSSR count). The van der Waals surface area contributed by atoms with E-state index in [9.17, 15) is 24.9 Å². The van der Waals surface area contributed by atoms with E-state index in [2.05, 4.69) is 22.3 Å². The second-order valence-electron chi connectivity index (χ2n) is 7.50. The van der Waals surface area contributed by atoms with Crippen LogP contribution >= 0.6 is 0 Å². The first-order valence-corrected chi connectivity index (χ1v) is 11.0. The normalized spacial score (nSPS) is 15.4. The average molecular weight is 435 g/mol. The fourth-order valence-corrected chi connectivity index (χ4v) is 2.95. The Labute approximate surface area is 180 Å². The standard InChI is InChI=1S/C21H42N2O7/c1-4-5-6-7-10-13-30-15-18(25)20(27)19(26)17(24)14-23-12-9-8-11-16(22-2)21(28)29-3/h16,18-20,22-23,25-27H,4-15H2,1-3H3. The molecule has 0 bridgehead atoms. The van der Waals surface area contributed by atoms with Gasteiger partial charge in [0, 0.05) is 6.61 Å². The molecule has 9 heteroatoms. The van der Waals surface area contributed by atoms with Gasteiger partial charge in [0.2, 0.25) is 0 Å². The van der Waals surface area contributed by atoms with Gasteiger partial charge in [-0.1, -0.05) is 39.0 Å². The van der Waals surface area contributed by atoms with Crippen LogP contribution in [-0.4, -0.2) is 91.9 Å². The Morgan fingerprint density at radius 1 is 1.00 bits per heavy atom. The van der Waals surface area contributed by atoms with Crippen LogP contribution in [0, 0.1) is 0 Å². The minimum Gasteiger partial charge on any atom is -0.468 e. The molecule has 178 valence electrons. The van der Waals surface area contributed by atoms with Crippen LogP contribution in [0.4, 0.5) is 0 Å². The molecular formula is C21H42N2O7. The molecular weight excluding hydrogens is 392 g/mol. The number of hydrogen-bond donors (Lipinski definition) is 5. The van der Waals surface area contributed by atoms with Crippen molar-refractivity contribution in [2.24, 2.45) is 0 Å². The SMILES string of the molecule is CCCCCCCOCC(O)C(O)C(O)C(=O)CNCCCCC(NC)C(=O)OC. The summed E-state index contributed by atoms with van der Waals surface area (Å²) >= 11 is 0. The second-order valence-corrected chi connectivity index (χ2v) is 7.50. The predicted molar refractivity (Wildman–Crippen MR) is 114 cm³/mol. The van der Waals surface area contributed by atoms with Crippen LogP contribution in [0.2, 0.25) is 0 Å². The van der Waals surface area contributed by atoms with Crippen LogP contribution < -0.4 is 10.6 Å². The second kappa shape index (κ2) is 18.7. The highest BCUT2D eigenvalue weighted by molar-refractivity contribution is 5.85. The third-order valence-electron chi connectivity index (χ3n) is 4.96. The summed E-state index contributed by atoms with van der Waals surface area (Å²) in [5.41, 5.74) is 0. The highest BCUT2D eigenvalue weighted by Gasteiger charge is 2.29. The maximum absolute atomic E-state index is 12.0. The van der Waals surface area contributed by atoms with Crippen LogP contribution in [0.1, 0.15) is 58.3 Å². The maximum atomic E-state index is 12.0. The van der Waals surface area contributed by atoms with Crippen molar-refractivity contribution in [3.63, 3.8) is 0 Å². The molecule has 0 radical (unpaired) electrons. The van der Waals surface area contributed by atoms with E-state index in [0.29, 0.717) is 19.6 Å². The smallest absolute Gasteiger partial charge is 0.322 e. The third-order valence-corrected chi connectivity index (χ3v) is 4.96. The van der Waals surface area contributed by atoms with E-state index in [-0.39, 0.29) is 25.2 Å². The van der Waals surface area contributed by atoms with Gasteiger partial charge >= 0.3 is 5.97 Å². The summed E-state index contributed by atoms with van der Waals surface area (Å²) in [6.45, 7) is 2.90. The number of rotatable bonds is 20. The quantitative estimate of drug-likeness (QED) is 0.134. The van der Waals surface area contributed by atoms with Crippen LogP contribution in [-0.2, 0) is 19.1 Å². The van der Waals surface area contributed by atoms with Gasteiger partial charge in [-0.15, -0.1) is 0 Å². The lowest BCUT2D eigenvalue weighted by Gasteiger charge is -2.22. The molecule has 5 N–H and O–H groups in total. The summed E-state index contributed by atoms with van der Waals surface area (Å²) < 4.78 is 10.0. The van der Waals surface area contributed by atoms with Crippen molar-refractivity contribution < 1.29 is 34.4 Å². The molecule has 0 saturated heterocycles. The van der Waals surface area contributed by atoms with Gasteiger partial charge in [-0.2, -0.15) is 0 Å². The molecule has 0 aliphatic heterocycles. The molecule has 0 aliphatic carbocycles. The largest absolute Gasteiger partial charge is 0.468 e. The van der Waals surface area contributed by atoms with Gasteiger partial charge in [-0.25, -0.2) is 0 Å². The summed E-state index contributed by atoms with van der Waals surface area (Å²) in [5, 5.41) is 35.6.